The van der Waals surface area contributed by atoms with E-state index in [0.717, 1.165) is 17.5 Å². The van der Waals surface area contributed by atoms with Gasteiger partial charge in [-0.25, -0.2) is 8.42 Å². The number of rotatable bonds is 7. The summed E-state index contributed by atoms with van der Waals surface area (Å²) < 4.78 is 23.5. The van der Waals surface area contributed by atoms with E-state index in [0.29, 0.717) is 23.9 Å². The van der Waals surface area contributed by atoms with Gasteiger partial charge in [-0.3, -0.25) is 4.99 Å². The third kappa shape index (κ3) is 7.27. The molecule has 0 saturated heterocycles. The Hall–Kier alpha value is -1.61. The van der Waals surface area contributed by atoms with Crippen LogP contribution in [0, 0.1) is 6.92 Å². The van der Waals surface area contributed by atoms with Crippen LogP contribution >= 0.6 is 24.0 Å². The van der Waals surface area contributed by atoms with Crippen molar-refractivity contribution in [3.05, 3.63) is 64.7 Å². The fourth-order valence-electron chi connectivity index (χ4n) is 3.11. The van der Waals surface area contributed by atoms with Crippen molar-refractivity contribution in [2.75, 3.05) is 13.3 Å². The normalized spacial score (nSPS) is 12.3. The Labute approximate surface area is 198 Å². The van der Waals surface area contributed by atoms with Crippen LogP contribution in [-0.4, -0.2) is 27.7 Å². The molecule has 7 heteroatoms. The molecule has 0 spiro atoms. The van der Waals surface area contributed by atoms with E-state index >= 15 is 0 Å². The van der Waals surface area contributed by atoms with Crippen LogP contribution < -0.4 is 10.6 Å². The van der Waals surface area contributed by atoms with Crippen LogP contribution in [0.3, 0.4) is 0 Å². The van der Waals surface area contributed by atoms with Crippen LogP contribution in [0.15, 0.2) is 52.4 Å². The van der Waals surface area contributed by atoms with Gasteiger partial charge in [0.1, 0.15) is 0 Å². The van der Waals surface area contributed by atoms with Crippen LogP contribution in [-0.2, 0) is 28.3 Å². The summed E-state index contributed by atoms with van der Waals surface area (Å²) in [5, 5.41) is 6.60. The summed E-state index contributed by atoms with van der Waals surface area (Å²) in [5.41, 5.74) is 4.49. The first kappa shape index (κ1) is 26.4. The first-order valence-electron chi connectivity index (χ1n) is 9.90. The van der Waals surface area contributed by atoms with Crippen molar-refractivity contribution in [2.24, 2.45) is 4.99 Å². The molecule has 2 aromatic carbocycles. The van der Waals surface area contributed by atoms with Crippen LogP contribution in [0.2, 0.25) is 0 Å². The lowest BCUT2D eigenvalue weighted by molar-refractivity contribution is 0.506. The number of aryl methyl sites for hydroxylation is 1. The monoisotopic (exact) mass is 543 g/mol. The molecule has 166 valence electrons. The number of guanidine groups is 1. The lowest BCUT2D eigenvalue weighted by atomic mass is 9.82. The highest BCUT2D eigenvalue weighted by molar-refractivity contribution is 14.0. The summed E-state index contributed by atoms with van der Waals surface area (Å²) in [4.78, 5) is 4.64. The Morgan fingerprint density at radius 2 is 1.53 bits per heavy atom. The van der Waals surface area contributed by atoms with Gasteiger partial charge < -0.3 is 10.6 Å². The molecule has 0 fully saturated rings. The summed E-state index contributed by atoms with van der Waals surface area (Å²) in [7, 11) is -1.46. The van der Waals surface area contributed by atoms with Gasteiger partial charge in [-0.05, 0) is 47.1 Å². The van der Waals surface area contributed by atoms with E-state index in [9.17, 15) is 8.42 Å². The molecule has 30 heavy (non-hydrogen) atoms. The maximum Gasteiger partial charge on any atom is 0.191 e. The number of halogens is 1. The van der Waals surface area contributed by atoms with Crippen molar-refractivity contribution in [1.29, 1.82) is 0 Å². The average molecular weight is 544 g/mol. The summed E-state index contributed by atoms with van der Waals surface area (Å²) in [5.74, 6) is 0.702. The Bertz CT molecular complexity index is 968. The highest BCUT2D eigenvalue weighted by Gasteiger charge is 2.17. The lowest BCUT2D eigenvalue weighted by Gasteiger charge is -2.23. The molecule has 0 atom stereocenters. The Morgan fingerprint density at radius 1 is 1.00 bits per heavy atom. The van der Waals surface area contributed by atoms with Crippen LogP contribution in [0.5, 0.6) is 0 Å². The van der Waals surface area contributed by atoms with Crippen LogP contribution in [0.25, 0.3) is 0 Å². The van der Waals surface area contributed by atoms with Gasteiger partial charge in [0, 0.05) is 26.4 Å². The lowest BCUT2D eigenvalue weighted by Crippen LogP contribution is -2.36. The van der Waals surface area contributed by atoms with E-state index in [2.05, 4.69) is 60.7 Å². The topological polar surface area (TPSA) is 70.6 Å². The molecule has 0 aromatic heterocycles. The van der Waals surface area contributed by atoms with Gasteiger partial charge in [-0.1, -0.05) is 57.2 Å². The summed E-state index contributed by atoms with van der Waals surface area (Å²) in [6, 6.07) is 14.1. The molecule has 0 aliphatic carbocycles. The van der Waals surface area contributed by atoms with Crippen molar-refractivity contribution in [2.45, 2.75) is 57.5 Å². The minimum Gasteiger partial charge on any atom is -0.352 e. The van der Waals surface area contributed by atoms with Gasteiger partial charge in [0.25, 0.3) is 0 Å². The standard InChI is InChI=1S/C23H33N3O2S.HI/c1-7-23(3,4)20-11-8-18(9-12-20)15-25-22(24-5)26-16-19-10-13-21(17(2)14-19)29(6,27)28;/h8-14H,7,15-16H2,1-6H3,(H2,24,25,26);1H. The largest absolute Gasteiger partial charge is 0.352 e. The summed E-state index contributed by atoms with van der Waals surface area (Å²) in [6.07, 6.45) is 2.33. The molecule has 0 amide bonds. The van der Waals surface area contributed by atoms with Gasteiger partial charge in [0.15, 0.2) is 15.8 Å². The van der Waals surface area contributed by atoms with Crippen molar-refractivity contribution >= 4 is 39.8 Å². The van der Waals surface area contributed by atoms with Gasteiger partial charge in [-0.15, -0.1) is 24.0 Å². The van der Waals surface area contributed by atoms with E-state index in [1.807, 2.05) is 19.1 Å². The first-order valence-corrected chi connectivity index (χ1v) is 11.8. The van der Waals surface area contributed by atoms with Crippen LogP contribution in [0.1, 0.15) is 49.4 Å². The molecule has 2 aromatic rings. The van der Waals surface area contributed by atoms with Gasteiger partial charge in [0.2, 0.25) is 0 Å². The molecule has 0 aliphatic heterocycles. The van der Waals surface area contributed by atoms with E-state index < -0.39 is 9.84 Å². The quantitative estimate of drug-likeness (QED) is 0.305. The second-order valence-corrected chi connectivity index (χ2v) is 10.1. The van der Waals surface area contributed by atoms with E-state index in [4.69, 9.17) is 0 Å². The fraction of sp³-hybridized carbons (Fsp3) is 0.435. The van der Waals surface area contributed by atoms with Crippen LogP contribution in [0.4, 0.5) is 0 Å². The molecule has 0 aliphatic rings. The highest BCUT2D eigenvalue weighted by Crippen LogP contribution is 2.26. The summed E-state index contributed by atoms with van der Waals surface area (Å²) >= 11 is 0. The second kappa shape index (κ2) is 11.1. The number of hydrogen-bond acceptors (Lipinski definition) is 3. The van der Waals surface area contributed by atoms with E-state index in [1.54, 1.807) is 13.1 Å². The zero-order valence-corrected chi connectivity index (χ0v) is 21.9. The number of sulfone groups is 1. The van der Waals surface area contributed by atoms with Gasteiger partial charge >= 0.3 is 0 Å². The van der Waals surface area contributed by atoms with E-state index in [1.165, 1.54) is 17.4 Å². The van der Waals surface area contributed by atoms with Gasteiger partial charge in [0.05, 0.1) is 4.90 Å². The molecule has 0 unspecified atom stereocenters. The third-order valence-corrected chi connectivity index (χ3v) is 6.66. The molecule has 0 radical (unpaired) electrons. The smallest absolute Gasteiger partial charge is 0.191 e. The molecule has 2 rings (SSSR count). The maximum atomic E-state index is 11.7. The predicted molar refractivity (Wildman–Crippen MR) is 137 cm³/mol. The van der Waals surface area contributed by atoms with Crippen molar-refractivity contribution in [3.8, 4) is 0 Å². The average Bonchev–Trinajstić information content (AvgIpc) is 2.67. The zero-order chi connectivity index (χ0) is 21.7. The third-order valence-electron chi connectivity index (χ3n) is 5.40. The van der Waals surface area contributed by atoms with Crippen molar-refractivity contribution in [3.63, 3.8) is 0 Å². The predicted octanol–water partition coefficient (Wildman–Crippen LogP) is 4.57. The van der Waals surface area contributed by atoms with E-state index in [-0.39, 0.29) is 29.4 Å². The molecular formula is C23H34IN3O2S. The number of nitrogens with zero attached hydrogens (tertiary/aromatic N) is 1. The molecule has 5 nitrogen and oxygen atoms in total. The maximum absolute atomic E-state index is 11.7. The number of nitrogens with one attached hydrogen (secondary N) is 2. The van der Waals surface area contributed by atoms with Crippen molar-refractivity contribution < 1.29 is 8.42 Å². The zero-order valence-electron chi connectivity index (χ0n) is 18.7. The number of aliphatic imine (C=N–C) groups is 1. The SMILES string of the molecule is CCC(C)(C)c1ccc(CNC(=NC)NCc2ccc(S(C)(=O)=O)c(C)c2)cc1.I. The number of benzene rings is 2. The second-order valence-electron chi connectivity index (χ2n) is 8.09. The highest BCUT2D eigenvalue weighted by atomic mass is 127. The minimum atomic E-state index is -3.20. The molecule has 0 bridgehead atoms. The fourth-order valence-corrected chi connectivity index (χ4v) is 4.07. The number of hydrogen-bond donors (Lipinski definition) is 2. The Morgan fingerprint density at radius 3 is 2.00 bits per heavy atom. The minimum absolute atomic E-state index is 0. The molecule has 2 N–H and O–H groups in total. The Balaban J connectivity index is 0.00000450. The van der Waals surface area contributed by atoms with Gasteiger partial charge in [-0.2, -0.15) is 0 Å². The van der Waals surface area contributed by atoms with Crippen molar-refractivity contribution in [1.82, 2.24) is 10.6 Å². The molecule has 0 saturated carbocycles. The molecule has 0 heterocycles. The summed E-state index contributed by atoms with van der Waals surface area (Å²) in [6.45, 7) is 9.79. The Kier molecular flexibility index (Phi) is 9.81. The first-order chi connectivity index (χ1) is 13.6. The molecular weight excluding hydrogens is 509 g/mol.